The molecule has 0 bridgehead atoms. The molecule has 1 saturated heterocycles. The van der Waals surface area contributed by atoms with Gasteiger partial charge in [-0.1, -0.05) is 0 Å². The summed E-state index contributed by atoms with van der Waals surface area (Å²) >= 11 is 0. The van der Waals surface area contributed by atoms with Gasteiger partial charge in [-0.3, -0.25) is 4.90 Å². The molecule has 4 heteroatoms. The highest BCUT2D eigenvalue weighted by Crippen LogP contribution is 2.17. The predicted octanol–water partition coefficient (Wildman–Crippen LogP) is 2.11. The van der Waals surface area contributed by atoms with Crippen LogP contribution in [0.15, 0.2) is 24.3 Å². The van der Waals surface area contributed by atoms with Gasteiger partial charge in [-0.2, -0.15) is 5.26 Å². The van der Waals surface area contributed by atoms with Crippen LogP contribution < -0.4 is 4.90 Å². The minimum atomic E-state index is -0.194. The first kappa shape index (κ1) is 12.8. The van der Waals surface area contributed by atoms with Crippen molar-refractivity contribution in [1.29, 1.82) is 5.26 Å². The van der Waals surface area contributed by atoms with Crippen LogP contribution in [0.2, 0.25) is 0 Å². The van der Waals surface area contributed by atoms with Gasteiger partial charge in [0.2, 0.25) is 0 Å². The molecule has 2 rings (SSSR count). The fraction of sp³-hybridized carbons (Fsp3) is 0.500. The summed E-state index contributed by atoms with van der Waals surface area (Å²) in [4.78, 5) is 4.57. The number of hydrogen-bond donors (Lipinski definition) is 0. The molecule has 0 aliphatic carbocycles. The van der Waals surface area contributed by atoms with E-state index in [0.29, 0.717) is 0 Å². The van der Waals surface area contributed by atoms with Crippen molar-refractivity contribution in [3.05, 3.63) is 30.1 Å². The van der Waals surface area contributed by atoms with Crippen LogP contribution in [0.1, 0.15) is 6.92 Å². The van der Waals surface area contributed by atoms with E-state index in [1.165, 1.54) is 12.1 Å². The fourth-order valence-corrected chi connectivity index (χ4v) is 2.27. The average molecular weight is 247 g/mol. The molecule has 1 aliphatic rings. The van der Waals surface area contributed by atoms with Crippen LogP contribution in [0, 0.1) is 23.1 Å². The number of benzene rings is 1. The Morgan fingerprint density at radius 3 is 2.39 bits per heavy atom. The molecule has 1 atom stereocenters. The first-order chi connectivity index (χ1) is 8.69. The van der Waals surface area contributed by atoms with Gasteiger partial charge in [-0.25, -0.2) is 4.39 Å². The largest absolute Gasteiger partial charge is 0.369 e. The van der Waals surface area contributed by atoms with E-state index in [-0.39, 0.29) is 11.7 Å². The molecule has 1 heterocycles. The van der Waals surface area contributed by atoms with E-state index in [0.717, 1.165) is 38.4 Å². The number of nitrogens with zero attached hydrogens (tertiary/aromatic N) is 3. The van der Waals surface area contributed by atoms with E-state index >= 15 is 0 Å². The molecule has 96 valence electrons. The molecule has 0 spiro atoms. The summed E-state index contributed by atoms with van der Waals surface area (Å²) < 4.78 is 12.8. The Morgan fingerprint density at radius 1 is 1.22 bits per heavy atom. The van der Waals surface area contributed by atoms with Gasteiger partial charge >= 0.3 is 0 Å². The second-order valence-corrected chi connectivity index (χ2v) is 4.79. The highest BCUT2D eigenvalue weighted by molar-refractivity contribution is 5.46. The lowest BCUT2D eigenvalue weighted by molar-refractivity contribution is 0.241. The maximum atomic E-state index is 12.8. The Balaban J connectivity index is 1.87. The summed E-state index contributed by atoms with van der Waals surface area (Å²) in [6, 6.07) is 8.91. The average Bonchev–Trinajstić information content (AvgIpc) is 2.40. The van der Waals surface area contributed by atoms with Crippen molar-refractivity contribution in [2.45, 2.75) is 6.92 Å². The zero-order valence-corrected chi connectivity index (χ0v) is 10.6. The van der Waals surface area contributed by atoms with E-state index in [1.54, 1.807) is 0 Å². The van der Waals surface area contributed by atoms with E-state index in [4.69, 9.17) is 5.26 Å². The van der Waals surface area contributed by atoms with Gasteiger partial charge in [0.1, 0.15) is 5.82 Å². The predicted molar refractivity (Wildman–Crippen MR) is 69.8 cm³/mol. The Bertz CT molecular complexity index is 416. The van der Waals surface area contributed by atoms with Crippen molar-refractivity contribution < 1.29 is 4.39 Å². The van der Waals surface area contributed by atoms with Crippen LogP contribution in [0.25, 0.3) is 0 Å². The zero-order valence-electron chi connectivity index (χ0n) is 10.6. The van der Waals surface area contributed by atoms with Crippen LogP contribution in [0.5, 0.6) is 0 Å². The molecule has 0 aromatic heterocycles. The Kier molecular flexibility index (Phi) is 4.16. The number of halogens is 1. The highest BCUT2D eigenvalue weighted by Gasteiger charge is 2.18. The summed E-state index contributed by atoms with van der Waals surface area (Å²) in [5.41, 5.74) is 1.07. The molecule has 1 aromatic carbocycles. The summed E-state index contributed by atoms with van der Waals surface area (Å²) in [7, 11) is 0. The van der Waals surface area contributed by atoms with Gasteiger partial charge in [0.25, 0.3) is 0 Å². The van der Waals surface area contributed by atoms with Gasteiger partial charge in [0.05, 0.1) is 12.0 Å². The van der Waals surface area contributed by atoms with Crippen molar-refractivity contribution in [2.24, 2.45) is 5.92 Å². The third-order valence-corrected chi connectivity index (χ3v) is 3.32. The van der Waals surface area contributed by atoms with Crippen molar-refractivity contribution in [1.82, 2.24) is 4.90 Å². The second-order valence-electron chi connectivity index (χ2n) is 4.79. The molecule has 0 radical (unpaired) electrons. The molecule has 1 fully saturated rings. The third-order valence-electron chi connectivity index (χ3n) is 3.32. The molecular weight excluding hydrogens is 229 g/mol. The van der Waals surface area contributed by atoms with Crippen LogP contribution in [-0.2, 0) is 0 Å². The number of nitriles is 1. The van der Waals surface area contributed by atoms with E-state index in [1.807, 2.05) is 19.1 Å². The van der Waals surface area contributed by atoms with E-state index in [9.17, 15) is 4.39 Å². The molecule has 18 heavy (non-hydrogen) atoms. The smallest absolute Gasteiger partial charge is 0.123 e. The normalized spacial score (nSPS) is 18.4. The summed E-state index contributed by atoms with van der Waals surface area (Å²) in [5, 5.41) is 8.80. The van der Waals surface area contributed by atoms with E-state index in [2.05, 4.69) is 15.9 Å². The standard InChI is InChI=1S/C14H18FN3/c1-12(10-16)11-17-6-8-18(9-7-17)14-4-2-13(15)3-5-14/h2-5,12H,6-9,11H2,1H3. The Labute approximate surface area is 107 Å². The second kappa shape index (κ2) is 5.83. The number of anilines is 1. The van der Waals surface area contributed by atoms with Gasteiger partial charge in [-0.15, -0.1) is 0 Å². The molecule has 3 nitrogen and oxygen atoms in total. The quantitative estimate of drug-likeness (QED) is 0.819. The molecule has 1 aromatic rings. The number of rotatable bonds is 3. The fourth-order valence-electron chi connectivity index (χ4n) is 2.27. The lowest BCUT2D eigenvalue weighted by Gasteiger charge is -2.36. The highest BCUT2D eigenvalue weighted by atomic mass is 19.1. The topological polar surface area (TPSA) is 30.3 Å². The van der Waals surface area contributed by atoms with Gasteiger partial charge in [0.15, 0.2) is 0 Å². The molecular formula is C14H18FN3. The molecule has 0 amide bonds. The van der Waals surface area contributed by atoms with Gasteiger partial charge < -0.3 is 4.90 Å². The lowest BCUT2D eigenvalue weighted by Crippen LogP contribution is -2.47. The lowest BCUT2D eigenvalue weighted by atomic mass is 10.1. The zero-order chi connectivity index (χ0) is 13.0. The number of piperazine rings is 1. The molecule has 0 saturated carbocycles. The minimum Gasteiger partial charge on any atom is -0.369 e. The SMILES string of the molecule is CC(C#N)CN1CCN(c2ccc(F)cc2)CC1. The summed E-state index contributed by atoms with van der Waals surface area (Å²) in [6.45, 7) is 6.58. The monoisotopic (exact) mass is 247 g/mol. The first-order valence-electron chi connectivity index (χ1n) is 6.31. The van der Waals surface area contributed by atoms with Gasteiger partial charge in [-0.05, 0) is 31.2 Å². The maximum absolute atomic E-state index is 12.8. The van der Waals surface area contributed by atoms with E-state index < -0.39 is 0 Å². The van der Waals surface area contributed by atoms with Gasteiger partial charge in [0, 0.05) is 38.4 Å². The van der Waals surface area contributed by atoms with Crippen LogP contribution >= 0.6 is 0 Å². The summed E-state index contributed by atoms with van der Waals surface area (Å²) in [5.74, 6) is -0.109. The first-order valence-corrected chi connectivity index (χ1v) is 6.31. The molecule has 1 aliphatic heterocycles. The minimum absolute atomic E-state index is 0.0855. The van der Waals surface area contributed by atoms with Crippen molar-refractivity contribution >= 4 is 5.69 Å². The van der Waals surface area contributed by atoms with Crippen molar-refractivity contribution in [3.63, 3.8) is 0 Å². The Morgan fingerprint density at radius 2 is 1.83 bits per heavy atom. The maximum Gasteiger partial charge on any atom is 0.123 e. The molecule has 0 N–H and O–H groups in total. The third kappa shape index (κ3) is 3.21. The van der Waals surface area contributed by atoms with Crippen molar-refractivity contribution in [3.8, 4) is 6.07 Å². The van der Waals surface area contributed by atoms with Crippen LogP contribution in [-0.4, -0.2) is 37.6 Å². The van der Waals surface area contributed by atoms with Crippen LogP contribution in [0.3, 0.4) is 0 Å². The molecule has 1 unspecified atom stereocenters. The number of hydrogen-bond acceptors (Lipinski definition) is 3. The van der Waals surface area contributed by atoms with Crippen molar-refractivity contribution in [2.75, 3.05) is 37.6 Å². The Hall–Kier alpha value is -1.60. The van der Waals surface area contributed by atoms with Crippen LogP contribution in [0.4, 0.5) is 10.1 Å². The summed E-state index contributed by atoms with van der Waals surface area (Å²) in [6.07, 6.45) is 0.